The van der Waals surface area contributed by atoms with Gasteiger partial charge in [-0.25, -0.2) is 29.7 Å². The SMILES string of the molecule is CC(C)(C)OC(=O)NC(=O)Oc1ncnc2c1ncn2Cc1c(Br)cc(Cl)cc1N1CC[C@](NC(=O)OC(C)(C)C)(c2nn[nH]n2)C1. The molecule has 17 nitrogen and oxygen atoms in total. The molecule has 1 saturated heterocycles. The van der Waals surface area contributed by atoms with Crippen LogP contribution in [0, 0.1) is 0 Å². The standard InChI is InChI=1S/C28H33BrClN11O6/c1-26(2,3)46-24(43)34-23(42)45-21-19-20(31-13-32-21)41(14-33-19)11-16-17(29)9-15(30)10-18(16)40-8-7-28(12-40,22-36-38-39-37-22)35-25(44)47-27(4,5)6/h9-10,13-14H,7-8,11-12H2,1-6H3,(H,35,44)(H,34,42,43)(H,36,37,38,39)/t28-/m1/s1. The van der Waals surface area contributed by atoms with Crippen molar-refractivity contribution in [3.8, 4) is 5.88 Å². The molecular formula is C28H33BrClN11O6. The number of imide groups is 1. The van der Waals surface area contributed by atoms with E-state index in [4.69, 9.17) is 25.8 Å². The van der Waals surface area contributed by atoms with Crippen LogP contribution in [0.25, 0.3) is 11.2 Å². The number of aromatic nitrogens is 8. The summed E-state index contributed by atoms with van der Waals surface area (Å²) >= 11 is 10.2. The normalized spacial score (nSPS) is 16.6. The Morgan fingerprint density at radius 3 is 2.45 bits per heavy atom. The highest BCUT2D eigenvalue weighted by molar-refractivity contribution is 9.10. The number of amides is 3. The number of anilines is 1. The number of carbonyl (C=O) groups is 3. The second-order valence-corrected chi connectivity index (χ2v) is 14.0. The average Bonchev–Trinajstić information content (AvgIpc) is 3.69. The molecule has 1 atom stereocenters. The molecule has 4 aromatic rings. The van der Waals surface area contributed by atoms with Crippen LogP contribution in [0.2, 0.25) is 5.02 Å². The Morgan fingerprint density at radius 2 is 1.77 bits per heavy atom. The molecule has 1 aliphatic rings. The number of H-pyrrole nitrogens is 1. The van der Waals surface area contributed by atoms with E-state index in [1.165, 1.54) is 12.7 Å². The van der Waals surface area contributed by atoms with Gasteiger partial charge in [-0.15, -0.1) is 10.2 Å². The molecule has 47 heavy (non-hydrogen) atoms. The number of benzene rings is 1. The van der Waals surface area contributed by atoms with Crippen molar-refractivity contribution in [2.75, 3.05) is 18.0 Å². The monoisotopic (exact) mass is 733 g/mol. The Morgan fingerprint density at radius 1 is 1.04 bits per heavy atom. The number of carbonyl (C=O) groups excluding carboxylic acids is 3. The predicted molar refractivity (Wildman–Crippen MR) is 171 cm³/mol. The van der Waals surface area contributed by atoms with Crippen molar-refractivity contribution in [2.45, 2.75) is 71.2 Å². The minimum absolute atomic E-state index is 0.150. The summed E-state index contributed by atoms with van der Waals surface area (Å²) in [4.78, 5) is 52.1. The fourth-order valence-electron chi connectivity index (χ4n) is 4.97. The van der Waals surface area contributed by atoms with Crippen molar-refractivity contribution in [1.82, 2.24) is 50.8 Å². The Bertz CT molecular complexity index is 1800. The van der Waals surface area contributed by atoms with Crippen LogP contribution in [0.15, 0.2) is 29.3 Å². The number of rotatable bonds is 6. The number of hydrogen-bond donors (Lipinski definition) is 3. The number of tetrazole rings is 1. The van der Waals surface area contributed by atoms with Gasteiger partial charge in [0, 0.05) is 33.8 Å². The molecule has 0 spiro atoms. The van der Waals surface area contributed by atoms with Gasteiger partial charge in [0.2, 0.25) is 5.82 Å². The average molecular weight is 735 g/mol. The second-order valence-electron chi connectivity index (χ2n) is 12.7. The van der Waals surface area contributed by atoms with Crippen LogP contribution >= 0.6 is 27.5 Å². The number of ether oxygens (including phenoxy) is 3. The van der Waals surface area contributed by atoms with E-state index in [2.05, 4.69) is 61.7 Å². The lowest BCUT2D eigenvalue weighted by molar-refractivity contribution is 0.0454. The molecular weight excluding hydrogens is 702 g/mol. The smallest absolute Gasteiger partial charge is 0.423 e. The van der Waals surface area contributed by atoms with E-state index >= 15 is 0 Å². The van der Waals surface area contributed by atoms with Crippen LogP contribution in [0.1, 0.15) is 59.4 Å². The maximum atomic E-state index is 12.9. The zero-order valence-electron chi connectivity index (χ0n) is 26.4. The van der Waals surface area contributed by atoms with Gasteiger partial charge < -0.3 is 29.0 Å². The van der Waals surface area contributed by atoms with E-state index in [9.17, 15) is 14.4 Å². The third-order valence-electron chi connectivity index (χ3n) is 6.75. The Hall–Kier alpha value is -4.58. The third kappa shape index (κ3) is 8.05. The zero-order valence-corrected chi connectivity index (χ0v) is 28.8. The minimum Gasteiger partial charge on any atom is -0.444 e. The van der Waals surface area contributed by atoms with E-state index in [0.717, 1.165) is 11.3 Å². The first-order chi connectivity index (χ1) is 22.0. The van der Waals surface area contributed by atoms with Gasteiger partial charge in [0.15, 0.2) is 11.2 Å². The van der Waals surface area contributed by atoms with Crippen molar-refractivity contribution in [2.24, 2.45) is 0 Å². The highest BCUT2D eigenvalue weighted by atomic mass is 79.9. The van der Waals surface area contributed by atoms with Gasteiger partial charge in [-0.1, -0.05) is 32.7 Å². The number of alkyl carbamates (subject to hydrolysis) is 2. The minimum atomic E-state index is -1.09. The first-order valence-electron chi connectivity index (χ1n) is 14.4. The van der Waals surface area contributed by atoms with E-state index in [-0.39, 0.29) is 24.5 Å². The highest BCUT2D eigenvalue weighted by Gasteiger charge is 2.46. The van der Waals surface area contributed by atoms with Crippen molar-refractivity contribution in [3.63, 3.8) is 0 Å². The molecule has 0 bridgehead atoms. The zero-order chi connectivity index (χ0) is 34.1. The molecule has 5 rings (SSSR count). The van der Waals surface area contributed by atoms with Crippen LogP contribution in [0.4, 0.5) is 20.1 Å². The van der Waals surface area contributed by atoms with E-state index in [1.54, 1.807) is 52.2 Å². The lowest BCUT2D eigenvalue weighted by Crippen LogP contribution is -2.50. The summed E-state index contributed by atoms with van der Waals surface area (Å²) < 4.78 is 18.4. The fraction of sp³-hybridized carbons (Fsp3) is 0.464. The number of hydrogen-bond acceptors (Lipinski definition) is 13. The van der Waals surface area contributed by atoms with E-state index in [1.807, 2.05) is 11.4 Å². The summed E-state index contributed by atoms with van der Waals surface area (Å²) in [5.74, 6) is 0.164. The summed E-state index contributed by atoms with van der Waals surface area (Å²) in [5, 5.41) is 20.0. The topological polar surface area (TPSA) is 204 Å². The highest BCUT2D eigenvalue weighted by Crippen LogP contribution is 2.39. The lowest BCUT2D eigenvalue weighted by Gasteiger charge is -2.30. The van der Waals surface area contributed by atoms with Gasteiger partial charge >= 0.3 is 18.3 Å². The summed E-state index contributed by atoms with van der Waals surface area (Å²) in [6.07, 6.45) is 0.527. The van der Waals surface area contributed by atoms with Crippen molar-refractivity contribution >= 4 is 62.7 Å². The molecule has 3 N–H and O–H groups in total. The van der Waals surface area contributed by atoms with Crippen molar-refractivity contribution in [3.05, 3.63) is 45.7 Å². The fourth-order valence-corrected chi connectivity index (χ4v) is 5.89. The molecule has 19 heteroatoms. The predicted octanol–water partition coefficient (Wildman–Crippen LogP) is 4.46. The Labute approximate surface area is 282 Å². The number of nitrogens with one attached hydrogen (secondary N) is 3. The molecule has 0 unspecified atom stereocenters. The number of nitrogens with zero attached hydrogens (tertiary/aromatic N) is 8. The van der Waals surface area contributed by atoms with Gasteiger partial charge in [0.05, 0.1) is 12.9 Å². The Balaban J connectivity index is 1.41. The molecule has 0 aliphatic carbocycles. The molecule has 3 amide bonds. The number of aromatic amines is 1. The van der Waals surface area contributed by atoms with Crippen LogP contribution in [-0.4, -0.2) is 82.7 Å². The molecule has 4 heterocycles. The summed E-state index contributed by atoms with van der Waals surface area (Å²) in [6, 6.07) is 3.59. The molecule has 250 valence electrons. The van der Waals surface area contributed by atoms with Crippen LogP contribution in [-0.2, 0) is 21.6 Å². The first kappa shape index (κ1) is 33.8. The first-order valence-corrected chi connectivity index (χ1v) is 15.5. The molecule has 0 radical (unpaired) electrons. The third-order valence-corrected chi connectivity index (χ3v) is 7.67. The quantitative estimate of drug-likeness (QED) is 0.251. The number of halogens is 2. The molecule has 0 saturated carbocycles. The largest absolute Gasteiger partial charge is 0.444 e. The molecule has 1 fully saturated rings. The van der Waals surface area contributed by atoms with Crippen LogP contribution in [0.5, 0.6) is 5.88 Å². The van der Waals surface area contributed by atoms with Gasteiger partial charge in [-0.3, -0.25) is 0 Å². The van der Waals surface area contributed by atoms with Gasteiger partial charge in [0.1, 0.15) is 23.1 Å². The van der Waals surface area contributed by atoms with Gasteiger partial charge in [-0.05, 0) is 60.1 Å². The maximum Gasteiger partial charge on any atom is 0.423 e. The number of fused-ring (bicyclic) bond motifs is 1. The molecule has 3 aromatic heterocycles. The Kier molecular flexibility index (Phi) is 9.27. The summed E-state index contributed by atoms with van der Waals surface area (Å²) in [7, 11) is 0. The number of imidazole rings is 1. The summed E-state index contributed by atoms with van der Waals surface area (Å²) in [5.41, 5.74) is -0.390. The molecule has 1 aromatic carbocycles. The van der Waals surface area contributed by atoms with E-state index in [0.29, 0.717) is 33.9 Å². The summed E-state index contributed by atoms with van der Waals surface area (Å²) in [6.45, 7) is 11.4. The van der Waals surface area contributed by atoms with Gasteiger partial charge in [0.25, 0.3) is 5.88 Å². The maximum absolute atomic E-state index is 12.9. The lowest BCUT2D eigenvalue weighted by atomic mass is 9.98. The van der Waals surface area contributed by atoms with Crippen LogP contribution < -0.4 is 20.3 Å². The van der Waals surface area contributed by atoms with Crippen LogP contribution in [0.3, 0.4) is 0 Å². The van der Waals surface area contributed by atoms with Gasteiger partial charge in [-0.2, -0.15) is 10.2 Å². The molecule has 1 aliphatic heterocycles. The van der Waals surface area contributed by atoms with E-state index < -0.39 is 35.0 Å². The van der Waals surface area contributed by atoms with Crippen molar-refractivity contribution in [1.29, 1.82) is 0 Å². The second kappa shape index (κ2) is 12.9. The van der Waals surface area contributed by atoms with Crippen molar-refractivity contribution < 1.29 is 28.6 Å².